The summed E-state index contributed by atoms with van der Waals surface area (Å²) < 4.78 is 10.6. The van der Waals surface area contributed by atoms with Gasteiger partial charge in [0, 0.05) is 31.3 Å². The van der Waals surface area contributed by atoms with Crippen LogP contribution in [0.2, 0.25) is 0 Å². The highest BCUT2D eigenvalue weighted by atomic mass is 16.5. The largest absolute Gasteiger partial charge is 0.496 e. The van der Waals surface area contributed by atoms with Crippen LogP contribution in [0.5, 0.6) is 5.75 Å². The van der Waals surface area contributed by atoms with E-state index in [9.17, 15) is 0 Å². The van der Waals surface area contributed by atoms with Crippen molar-refractivity contribution in [3.63, 3.8) is 0 Å². The first-order chi connectivity index (χ1) is 9.47. The predicted octanol–water partition coefficient (Wildman–Crippen LogP) is 2.44. The van der Waals surface area contributed by atoms with Crippen molar-refractivity contribution >= 4 is 0 Å². The van der Waals surface area contributed by atoms with E-state index in [0.717, 1.165) is 17.9 Å². The summed E-state index contributed by atoms with van der Waals surface area (Å²) in [6, 6.07) is 7.01. The SMILES string of the molecule is COCc1cc(C(C)NC(C)CN(C)C)ccc1OC. The lowest BCUT2D eigenvalue weighted by molar-refractivity contribution is 0.181. The second-order valence-corrected chi connectivity index (χ2v) is 5.56. The number of rotatable bonds is 8. The number of nitrogens with zero attached hydrogens (tertiary/aromatic N) is 1. The van der Waals surface area contributed by atoms with Gasteiger partial charge in [-0.05, 0) is 45.6 Å². The van der Waals surface area contributed by atoms with Crippen molar-refractivity contribution in [1.29, 1.82) is 0 Å². The minimum Gasteiger partial charge on any atom is -0.496 e. The normalized spacial score (nSPS) is 14.3. The maximum atomic E-state index is 5.36. The molecule has 0 aliphatic rings. The van der Waals surface area contributed by atoms with E-state index in [1.54, 1.807) is 14.2 Å². The number of methoxy groups -OCH3 is 2. The van der Waals surface area contributed by atoms with Crippen molar-refractivity contribution in [1.82, 2.24) is 10.2 Å². The van der Waals surface area contributed by atoms with Crippen molar-refractivity contribution in [2.45, 2.75) is 32.5 Å². The van der Waals surface area contributed by atoms with Crippen LogP contribution in [0.4, 0.5) is 0 Å². The highest BCUT2D eigenvalue weighted by molar-refractivity contribution is 5.38. The Morgan fingerprint density at radius 1 is 1.20 bits per heavy atom. The lowest BCUT2D eigenvalue weighted by Crippen LogP contribution is -2.37. The maximum absolute atomic E-state index is 5.36. The summed E-state index contributed by atoms with van der Waals surface area (Å²) in [7, 11) is 7.57. The molecule has 114 valence electrons. The van der Waals surface area contributed by atoms with Gasteiger partial charge in [0.15, 0.2) is 0 Å². The van der Waals surface area contributed by atoms with Crippen LogP contribution in [0.25, 0.3) is 0 Å². The van der Waals surface area contributed by atoms with E-state index in [2.05, 4.69) is 50.3 Å². The Morgan fingerprint density at radius 2 is 1.90 bits per heavy atom. The van der Waals surface area contributed by atoms with Gasteiger partial charge in [-0.1, -0.05) is 6.07 Å². The minimum absolute atomic E-state index is 0.298. The first kappa shape index (κ1) is 17.0. The zero-order valence-corrected chi connectivity index (χ0v) is 13.6. The average Bonchev–Trinajstić information content (AvgIpc) is 2.37. The predicted molar refractivity (Wildman–Crippen MR) is 83.3 cm³/mol. The Morgan fingerprint density at radius 3 is 2.45 bits per heavy atom. The first-order valence-electron chi connectivity index (χ1n) is 7.04. The molecule has 0 fully saturated rings. The zero-order chi connectivity index (χ0) is 15.1. The summed E-state index contributed by atoms with van der Waals surface area (Å²) in [5, 5.41) is 3.61. The highest BCUT2D eigenvalue weighted by Crippen LogP contribution is 2.24. The van der Waals surface area contributed by atoms with E-state index in [1.807, 2.05) is 6.07 Å². The third-order valence-electron chi connectivity index (χ3n) is 3.28. The van der Waals surface area contributed by atoms with Crippen LogP contribution in [-0.4, -0.2) is 45.8 Å². The van der Waals surface area contributed by atoms with Gasteiger partial charge in [-0.15, -0.1) is 0 Å². The molecule has 20 heavy (non-hydrogen) atoms. The van der Waals surface area contributed by atoms with Crippen molar-refractivity contribution in [3.05, 3.63) is 29.3 Å². The first-order valence-corrected chi connectivity index (χ1v) is 7.04. The van der Waals surface area contributed by atoms with E-state index in [1.165, 1.54) is 5.56 Å². The molecule has 4 heteroatoms. The van der Waals surface area contributed by atoms with Gasteiger partial charge >= 0.3 is 0 Å². The fourth-order valence-corrected chi connectivity index (χ4v) is 2.46. The van der Waals surface area contributed by atoms with E-state index < -0.39 is 0 Å². The monoisotopic (exact) mass is 280 g/mol. The molecule has 0 aromatic heterocycles. The summed E-state index contributed by atoms with van der Waals surface area (Å²) >= 11 is 0. The molecule has 0 spiro atoms. The van der Waals surface area contributed by atoms with Crippen LogP contribution in [0.3, 0.4) is 0 Å². The molecule has 2 unspecified atom stereocenters. The molecule has 1 N–H and O–H groups in total. The molecule has 0 radical (unpaired) electrons. The van der Waals surface area contributed by atoms with Gasteiger partial charge in [-0.25, -0.2) is 0 Å². The maximum Gasteiger partial charge on any atom is 0.124 e. The fourth-order valence-electron chi connectivity index (χ4n) is 2.46. The Hall–Kier alpha value is -1.10. The van der Waals surface area contributed by atoms with E-state index >= 15 is 0 Å². The number of hydrogen-bond donors (Lipinski definition) is 1. The summed E-state index contributed by atoms with van der Waals surface area (Å²) in [6.07, 6.45) is 0. The van der Waals surface area contributed by atoms with Gasteiger partial charge in [-0.3, -0.25) is 0 Å². The third kappa shape index (κ3) is 5.12. The zero-order valence-electron chi connectivity index (χ0n) is 13.6. The second kappa shape index (κ2) is 8.25. The fraction of sp³-hybridized carbons (Fsp3) is 0.625. The van der Waals surface area contributed by atoms with Gasteiger partial charge in [0.05, 0.1) is 13.7 Å². The van der Waals surface area contributed by atoms with Crippen molar-refractivity contribution in [2.24, 2.45) is 0 Å². The van der Waals surface area contributed by atoms with Crippen molar-refractivity contribution in [2.75, 3.05) is 34.9 Å². The molecule has 0 amide bonds. The summed E-state index contributed by atoms with van der Waals surface area (Å²) in [6.45, 7) is 5.98. The number of likely N-dealkylation sites (N-methyl/N-ethyl adjacent to an activating group) is 1. The number of hydrogen-bond acceptors (Lipinski definition) is 4. The van der Waals surface area contributed by atoms with Crippen LogP contribution < -0.4 is 10.1 Å². The molecule has 0 aliphatic carbocycles. The van der Waals surface area contributed by atoms with Crippen molar-refractivity contribution in [3.8, 4) is 5.75 Å². The molecule has 1 aromatic carbocycles. The smallest absolute Gasteiger partial charge is 0.124 e. The van der Waals surface area contributed by atoms with Gasteiger partial charge in [0.1, 0.15) is 5.75 Å². The molecule has 0 bridgehead atoms. The van der Waals surface area contributed by atoms with Crippen LogP contribution in [0, 0.1) is 0 Å². The second-order valence-electron chi connectivity index (χ2n) is 5.56. The van der Waals surface area contributed by atoms with Gasteiger partial charge in [0.25, 0.3) is 0 Å². The minimum atomic E-state index is 0.298. The number of nitrogens with one attached hydrogen (secondary N) is 1. The lowest BCUT2D eigenvalue weighted by atomic mass is 10.0. The Bertz CT molecular complexity index is 407. The molecule has 0 saturated carbocycles. The molecule has 4 nitrogen and oxygen atoms in total. The van der Waals surface area contributed by atoms with Crippen LogP contribution in [0.15, 0.2) is 18.2 Å². The highest BCUT2D eigenvalue weighted by Gasteiger charge is 2.12. The van der Waals surface area contributed by atoms with Crippen LogP contribution in [-0.2, 0) is 11.3 Å². The molecule has 1 aromatic rings. The third-order valence-corrected chi connectivity index (χ3v) is 3.28. The van der Waals surface area contributed by atoms with Crippen LogP contribution >= 0.6 is 0 Å². The topological polar surface area (TPSA) is 33.7 Å². The van der Waals surface area contributed by atoms with Gasteiger partial charge in [-0.2, -0.15) is 0 Å². The molecule has 2 atom stereocenters. The molecular formula is C16H28N2O2. The molecule has 0 saturated heterocycles. The summed E-state index contributed by atoms with van der Waals surface area (Å²) in [5.41, 5.74) is 2.34. The molecular weight excluding hydrogens is 252 g/mol. The van der Waals surface area contributed by atoms with Crippen molar-refractivity contribution < 1.29 is 9.47 Å². The molecule has 0 heterocycles. The number of ether oxygens (including phenoxy) is 2. The standard InChI is InChI=1S/C16H28N2O2/c1-12(10-18(3)4)17-13(2)14-7-8-16(20-6)15(9-14)11-19-5/h7-9,12-13,17H,10-11H2,1-6H3. The van der Waals surface area contributed by atoms with Gasteiger partial charge < -0.3 is 19.7 Å². The van der Waals surface area contributed by atoms with Crippen LogP contribution in [0.1, 0.15) is 31.0 Å². The molecule has 0 aliphatic heterocycles. The average molecular weight is 280 g/mol. The number of benzene rings is 1. The Balaban J connectivity index is 2.77. The Labute approximate surface area is 123 Å². The van der Waals surface area contributed by atoms with E-state index in [4.69, 9.17) is 9.47 Å². The van der Waals surface area contributed by atoms with Gasteiger partial charge in [0.2, 0.25) is 0 Å². The van der Waals surface area contributed by atoms with E-state index in [-0.39, 0.29) is 0 Å². The summed E-state index contributed by atoms with van der Waals surface area (Å²) in [5.74, 6) is 0.879. The lowest BCUT2D eigenvalue weighted by Gasteiger charge is -2.23. The quantitative estimate of drug-likeness (QED) is 0.793. The summed E-state index contributed by atoms with van der Waals surface area (Å²) in [4.78, 5) is 2.19. The van der Waals surface area contributed by atoms with E-state index in [0.29, 0.717) is 18.7 Å². The molecule has 1 rings (SSSR count). The Kier molecular flexibility index (Phi) is 6.99.